The number of nitrogens with zero attached hydrogens (tertiary/aromatic N) is 2. The van der Waals surface area contributed by atoms with Gasteiger partial charge in [-0.3, -0.25) is 4.90 Å². The summed E-state index contributed by atoms with van der Waals surface area (Å²) in [5, 5.41) is 0. The number of rotatable bonds is 6. The molecule has 0 aliphatic carbocycles. The van der Waals surface area contributed by atoms with Gasteiger partial charge in [-0.2, -0.15) is 0 Å². The van der Waals surface area contributed by atoms with Crippen molar-refractivity contribution in [3.8, 4) is 0 Å². The Morgan fingerprint density at radius 2 is 1.95 bits per heavy atom. The fraction of sp³-hybridized carbons (Fsp3) is 0.667. The summed E-state index contributed by atoms with van der Waals surface area (Å²) in [6, 6.07) is 10.7. The molecule has 1 aromatic rings. The Hall–Kier alpha value is -0.900. The van der Waals surface area contributed by atoms with Crippen molar-refractivity contribution in [2.75, 3.05) is 33.2 Å². The second-order valence-electron chi connectivity index (χ2n) is 6.47. The van der Waals surface area contributed by atoms with Gasteiger partial charge < -0.3 is 10.6 Å². The highest BCUT2D eigenvalue weighted by molar-refractivity contribution is 5.15. The molecule has 2 rings (SSSR count). The molecule has 0 aromatic heterocycles. The number of likely N-dealkylation sites (N-methyl/N-ethyl adjacent to an activating group) is 1. The Morgan fingerprint density at radius 3 is 2.62 bits per heavy atom. The average molecular weight is 289 g/mol. The Bertz CT molecular complexity index is 406. The largest absolute Gasteiger partial charge is 0.329 e. The minimum absolute atomic E-state index is 0.165. The van der Waals surface area contributed by atoms with E-state index in [1.165, 1.54) is 50.9 Å². The summed E-state index contributed by atoms with van der Waals surface area (Å²) in [6.45, 7) is 7.66. The zero-order valence-corrected chi connectivity index (χ0v) is 13.7. The summed E-state index contributed by atoms with van der Waals surface area (Å²) < 4.78 is 0. The zero-order chi connectivity index (χ0) is 15.1. The molecule has 1 heterocycles. The van der Waals surface area contributed by atoms with Gasteiger partial charge in [-0.25, -0.2) is 0 Å². The van der Waals surface area contributed by atoms with Crippen LogP contribution in [0.3, 0.4) is 0 Å². The van der Waals surface area contributed by atoms with E-state index in [-0.39, 0.29) is 5.54 Å². The van der Waals surface area contributed by atoms with Crippen LogP contribution in [-0.4, -0.2) is 48.6 Å². The summed E-state index contributed by atoms with van der Waals surface area (Å²) in [5.74, 6) is 0. The highest BCUT2D eigenvalue weighted by atomic mass is 15.2. The minimum atomic E-state index is 0.165. The first-order valence-corrected chi connectivity index (χ1v) is 8.38. The van der Waals surface area contributed by atoms with Crippen LogP contribution < -0.4 is 5.73 Å². The number of benzene rings is 1. The molecule has 1 atom stereocenters. The third kappa shape index (κ3) is 4.29. The Balaban J connectivity index is 2.02. The molecule has 2 N–H and O–H groups in total. The van der Waals surface area contributed by atoms with Gasteiger partial charge in [0.15, 0.2) is 0 Å². The second-order valence-corrected chi connectivity index (χ2v) is 6.47. The highest BCUT2D eigenvalue weighted by Gasteiger charge is 2.34. The molecule has 21 heavy (non-hydrogen) atoms. The monoisotopic (exact) mass is 289 g/mol. The SMILES string of the molecule is CCCN1CCCC(CN)(N(C)Cc2ccccc2)CC1. The summed E-state index contributed by atoms with van der Waals surface area (Å²) in [6.07, 6.45) is 4.91. The van der Waals surface area contributed by atoms with Crippen molar-refractivity contribution < 1.29 is 0 Å². The van der Waals surface area contributed by atoms with Gasteiger partial charge in [0.25, 0.3) is 0 Å². The molecule has 0 saturated carbocycles. The molecule has 0 spiro atoms. The number of hydrogen-bond acceptors (Lipinski definition) is 3. The van der Waals surface area contributed by atoms with E-state index in [4.69, 9.17) is 5.73 Å². The third-order valence-electron chi connectivity index (χ3n) is 5.00. The number of likely N-dealkylation sites (tertiary alicyclic amines) is 1. The van der Waals surface area contributed by atoms with Gasteiger partial charge in [0.1, 0.15) is 0 Å². The topological polar surface area (TPSA) is 32.5 Å². The molecule has 1 saturated heterocycles. The highest BCUT2D eigenvalue weighted by Crippen LogP contribution is 2.28. The lowest BCUT2D eigenvalue weighted by Gasteiger charge is -2.41. The van der Waals surface area contributed by atoms with Gasteiger partial charge in [0.2, 0.25) is 0 Å². The molecular weight excluding hydrogens is 258 g/mol. The lowest BCUT2D eigenvalue weighted by atomic mass is 9.88. The maximum absolute atomic E-state index is 6.22. The lowest BCUT2D eigenvalue weighted by molar-refractivity contribution is 0.0992. The van der Waals surface area contributed by atoms with Crippen molar-refractivity contribution in [1.29, 1.82) is 0 Å². The maximum Gasteiger partial charge on any atom is 0.0344 e. The average Bonchev–Trinajstić information content (AvgIpc) is 2.72. The predicted molar refractivity (Wildman–Crippen MR) is 90.3 cm³/mol. The van der Waals surface area contributed by atoms with Gasteiger partial charge in [-0.15, -0.1) is 0 Å². The lowest BCUT2D eigenvalue weighted by Crippen LogP contribution is -2.52. The zero-order valence-electron chi connectivity index (χ0n) is 13.7. The van der Waals surface area contributed by atoms with E-state index < -0.39 is 0 Å². The van der Waals surface area contributed by atoms with Crippen LogP contribution in [0, 0.1) is 0 Å². The fourth-order valence-corrected chi connectivity index (χ4v) is 3.54. The predicted octanol–water partition coefficient (Wildman–Crippen LogP) is 2.71. The van der Waals surface area contributed by atoms with Crippen molar-refractivity contribution in [3.05, 3.63) is 35.9 Å². The smallest absolute Gasteiger partial charge is 0.0344 e. The quantitative estimate of drug-likeness (QED) is 0.874. The molecule has 1 unspecified atom stereocenters. The molecule has 0 radical (unpaired) electrons. The molecule has 1 aromatic carbocycles. The van der Waals surface area contributed by atoms with E-state index in [0.29, 0.717) is 0 Å². The van der Waals surface area contributed by atoms with E-state index >= 15 is 0 Å². The summed E-state index contributed by atoms with van der Waals surface area (Å²) >= 11 is 0. The van der Waals surface area contributed by atoms with Crippen LogP contribution in [0.4, 0.5) is 0 Å². The van der Waals surface area contributed by atoms with Crippen molar-refractivity contribution in [1.82, 2.24) is 9.80 Å². The maximum atomic E-state index is 6.22. The molecule has 3 heteroatoms. The standard InChI is InChI=1S/C18H31N3/c1-3-12-21-13-7-10-18(16-19,11-14-21)20(2)15-17-8-5-4-6-9-17/h4-6,8-9H,3,7,10-16,19H2,1-2H3. The van der Waals surface area contributed by atoms with Crippen LogP contribution in [0.15, 0.2) is 30.3 Å². The summed E-state index contributed by atoms with van der Waals surface area (Å²) in [4.78, 5) is 5.10. The molecule has 1 aliphatic heterocycles. The van der Waals surface area contributed by atoms with Crippen molar-refractivity contribution in [2.24, 2.45) is 5.73 Å². The molecule has 0 amide bonds. The Morgan fingerprint density at radius 1 is 1.19 bits per heavy atom. The van der Waals surface area contributed by atoms with E-state index in [0.717, 1.165) is 13.1 Å². The van der Waals surface area contributed by atoms with Crippen LogP contribution in [-0.2, 0) is 6.54 Å². The molecule has 118 valence electrons. The first-order valence-electron chi connectivity index (χ1n) is 8.38. The third-order valence-corrected chi connectivity index (χ3v) is 5.00. The van der Waals surface area contributed by atoms with Crippen LogP contribution in [0.5, 0.6) is 0 Å². The van der Waals surface area contributed by atoms with Crippen LogP contribution in [0.25, 0.3) is 0 Å². The molecule has 1 aliphatic rings. The molecule has 0 bridgehead atoms. The Kier molecular flexibility index (Phi) is 6.22. The van der Waals surface area contributed by atoms with Crippen molar-refractivity contribution >= 4 is 0 Å². The van der Waals surface area contributed by atoms with Gasteiger partial charge in [-0.05, 0) is 57.9 Å². The Labute approximate surface area is 130 Å². The number of hydrogen-bond donors (Lipinski definition) is 1. The molecular formula is C18H31N3. The summed E-state index contributed by atoms with van der Waals surface area (Å²) in [5.41, 5.74) is 7.76. The van der Waals surface area contributed by atoms with Gasteiger partial charge in [-0.1, -0.05) is 37.3 Å². The molecule has 1 fully saturated rings. The van der Waals surface area contributed by atoms with Gasteiger partial charge in [0.05, 0.1) is 0 Å². The molecule has 3 nitrogen and oxygen atoms in total. The first-order chi connectivity index (χ1) is 10.2. The van der Waals surface area contributed by atoms with Crippen molar-refractivity contribution in [3.63, 3.8) is 0 Å². The number of nitrogens with two attached hydrogens (primary N) is 1. The van der Waals surface area contributed by atoms with Crippen LogP contribution in [0.1, 0.15) is 38.2 Å². The van der Waals surface area contributed by atoms with Gasteiger partial charge in [0, 0.05) is 18.6 Å². The fourth-order valence-electron chi connectivity index (χ4n) is 3.54. The first kappa shape index (κ1) is 16.5. The van der Waals surface area contributed by atoms with E-state index in [2.05, 4.69) is 54.1 Å². The van der Waals surface area contributed by atoms with Crippen LogP contribution in [0.2, 0.25) is 0 Å². The minimum Gasteiger partial charge on any atom is -0.329 e. The van der Waals surface area contributed by atoms with Crippen LogP contribution >= 0.6 is 0 Å². The van der Waals surface area contributed by atoms with E-state index in [9.17, 15) is 0 Å². The summed E-state index contributed by atoms with van der Waals surface area (Å²) in [7, 11) is 2.25. The van der Waals surface area contributed by atoms with Gasteiger partial charge >= 0.3 is 0 Å². The van der Waals surface area contributed by atoms with E-state index in [1.54, 1.807) is 0 Å². The second kappa shape index (κ2) is 7.92. The van der Waals surface area contributed by atoms with Crippen molar-refractivity contribution in [2.45, 2.75) is 44.7 Å². The normalized spacial score (nSPS) is 24.2. The van der Waals surface area contributed by atoms with E-state index in [1.807, 2.05) is 0 Å².